The van der Waals surface area contributed by atoms with E-state index in [1.807, 2.05) is 32.0 Å². The molecule has 0 saturated heterocycles. The van der Waals surface area contributed by atoms with E-state index >= 15 is 0 Å². The largest absolute Gasteiger partial charge is 0.478 e. The molecule has 0 N–H and O–H groups in total. The van der Waals surface area contributed by atoms with Crippen molar-refractivity contribution < 1.29 is 19.2 Å². The van der Waals surface area contributed by atoms with E-state index in [-0.39, 0.29) is 35.7 Å². The molecule has 8 nitrogen and oxygen atoms in total. The lowest BCUT2D eigenvalue weighted by Gasteiger charge is -2.37. The molecular formula is C22H23N3O5. The summed E-state index contributed by atoms with van der Waals surface area (Å²) >= 11 is 0. The number of non-ortho nitro benzene ring substituents is 1. The Morgan fingerprint density at radius 2 is 1.97 bits per heavy atom. The molecule has 1 unspecified atom stereocenters. The summed E-state index contributed by atoms with van der Waals surface area (Å²) in [5.41, 5.74) is 2.61. The fraction of sp³-hybridized carbons (Fsp3) is 0.364. The molecule has 156 valence electrons. The average Bonchev–Trinajstić information content (AvgIpc) is 2.74. The van der Waals surface area contributed by atoms with Gasteiger partial charge < -0.3 is 9.64 Å². The van der Waals surface area contributed by atoms with Crippen molar-refractivity contribution in [2.45, 2.75) is 32.9 Å². The Balaban J connectivity index is 1.60. The lowest BCUT2D eigenvalue weighted by molar-refractivity contribution is -0.384. The van der Waals surface area contributed by atoms with E-state index in [4.69, 9.17) is 4.74 Å². The maximum Gasteiger partial charge on any atom is 0.273 e. The molecule has 0 radical (unpaired) electrons. The Morgan fingerprint density at radius 3 is 2.67 bits per heavy atom. The van der Waals surface area contributed by atoms with Gasteiger partial charge in [0.1, 0.15) is 6.54 Å². The molecule has 8 heteroatoms. The number of nitro groups is 1. The summed E-state index contributed by atoms with van der Waals surface area (Å²) in [6.07, 6.45) is -0.0227. The van der Waals surface area contributed by atoms with Crippen molar-refractivity contribution in [3.8, 4) is 5.75 Å². The number of benzene rings is 2. The molecule has 4 rings (SSSR count). The number of nitrogens with zero attached hydrogens (tertiary/aromatic N) is 3. The van der Waals surface area contributed by atoms with Gasteiger partial charge in [0.25, 0.3) is 11.6 Å². The first-order valence-corrected chi connectivity index (χ1v) is 9.96. The first-order chi connectivity index (χ1) is 14.3. The number of carbonyl (C=O) groups is 2. The molecule has 2 amide bonds. The van der Waals surface area contributed by atoms with Gasteiger partial charge in [0, 0.05) is 19.2 Å². The van der Waals surface area contributed by atoms with Crippen molar-refractivity contribution in [3.63, 3.8) is 0 Å². The summed E-state index contributed by atoms with van der Waals surface area (Å²) in [4.78, 5) is 39.9. The summed E-state index contributed by atoms with van der Waals surface area (Å²) in [6, 6.07) is 12.1. The van der Waals surface area contributed by atoms with E-state index in [2.05, 4.69) is 6.07 Å². The Bertz CT molecular complexity index is 1020. The van der Waals surface area contributed by atoms with Crippen LogP contribution in [0.5, 0.6) is 5.75 Å². The van der Waals surface area contributed by atoms with Gasteiger partial charge in [-0.2, -0.15) is 0 Å². The molecule has 0 aliphatic carbocycles. The Hall–Kier alpha value is -3.42. The summed E-state index contributed by atoms with van der Waals surface area (Å²) in [5, 5.41) is 11.1. The highest BCUT2D eigenvalue weighted by atomic mass is 16.6. The molecule has 2 aromatic rings. The molecule has 0 fully saturated rings. The quantitative estimate of drug-likeness (QED) is 0.572. The van der Waals surface area contributed by atoms with Gasteiger partial charge in [-0.25, -0.2) is 0 Å². The second kappa shape index (κ2) is 7.78. The third-order valence-electron chi connectivity index (χ3n) is 5.59. The number of fused-ring (bicyclic) bond motifs is 2. The van der Waals surface area contributed by atoms with Crippen LogP contribution in [0.25, 0.3) is 0 Å². The predicted molar refractivity (Wildman–Crippen MR) is 110 cm³/mol. The van der Waals surface area contributed by atoms with Crippen LogP contribution in [0.2, 0.25) is 0 Å². The number of carbonyl (C=O) groups excluding carboxylic acids is 2. The second-order valence-corrected chi connectivity index (χ2v) is 7.95. The van der Waals surface area contributed by atoms with Crippen LogP contribution in [0.15, 0.2) is 42.5 Å². The summed E-state index contributed by atoms with van der Waals surface area (Å²) in [5.74, 6) is -0.368. The summed E-state index contributed by atoms with van der Waals surface area (Å²) in [7, 11) is 0. The lowest BCUT2D eigenvalue weighted by Crippen LogP contribution is -2.52. The van der Waals surface area contributed by atoms with Crippen LogP contribution in [0.3, 0.4) is 0 Å². The highest BCUT2D eigenvalue weighted by molar-refractivity contribution is 6.04. The van der Waals surface area contributed by atoms with E-state index in [0.29, 0.717) is 18.8 Å². The zero-order valence-corrected chi connectivity index (χ0v) is 16.9. The topological polar surface area (TPSA) is 93.0 Å². The number of ether oxygens (including phenoxy) is 1. The van der Waals surface area contributed by atoms with Gasteiger partial charge in [-0.05, 0) is 29.5 Å². The van der Waals surface area contributed by atoms with Crippen molar-refractivity contribution in [2.24, 2.45) is 5.92 Å². The molecule has 2 aromatic carbocycles. The average molecular weight is 409 g/mol. The molecule has 2 aliphatic rings. The zero-order chi connectivity index (χ0) is 21.4. The fourth-order valence-electron chi connectivity index (χ4n) is 3.92. The number of amides is 2. The third kappa shape index (κ3) is 3.60. The normalized spacial score (nSPS) is 18.0. The van der Waals surface area contributed by atoms with Gasteiger partial charge in [-0.1, -0.05) is 38.1 Å². The van der Waals surface area contributed by atoms with Crippen molar-refractivity contribution >= 4 is 23.2 Å². The lowest BCUT2D eigenvalue weighted by atomic mass is 9.99. The molecule has 0 saturated carbocycles. The molecule has 2 aliphatic heterocycles. The van der Waals surface area contributed by atoms with Crippen molar-refractivity contribution in [1.29, 1.82) is 0 Å². The minimum atomic E-state index is -0.797. The van der Waals surface area contributed by atoms with E-state index in [0.717, 1.165) is 12.0 Å². The third-order valence-corrected chi connectivity index (χ3v) is 5.59. The van der Waals surface area contributed by atoms with Gasteiger partial charge in [0.05, 0.1) is 16.7 Å². The van der Waals surface area contributed by atoms with E-state index < -0.39 is 11.0 Å². The maximum atomic E-state index is 13.1. The van der Waals surface area contributed by atoms with Crippen LogP contribution in [-0.4, -0.2) is 40.8 Å². The van der Waals surface area contributed by atoms with Crippen LogP contribution in [0, 0.1) is 16.0 Å². The Labute approximate surface area is 174 Å². The summed E-state index contributed by atoms with van der Waals surface area (Å²) < 4.78 is 5.78. The Kier molecular flexibility index (Phi) is 5.15. The Morgan fingerprint density at radius 1 is 1.23 bits per heavy atom. The van der Waals surface area contributed by atoms with E-state index in [1.54, 1.807) is 4.90 Å². The number of anilines is 1. The molecular weight excluding hydrogens is 386 g/mol. The maximum absolute atomic E-state index is 13.1. The van der Waals surface area contributed by atoms with Crippen LogP contribution < -0.4 is 9.64 Å². The fourth-order valence-corrected chi connectivity index (χ4v) is 3.92. The van der Waals surface area contributed by atoms with Gasteiger partial charge >= 0.3 is 0 Å². The van der Waals surface area contributed by atoms with Gasteiger partial charge in [0.2, 0.25) is 5.91 Å². The molecule has 0 spiro atoms. The van der Waals surface area contributed by atoms with Gasteiger partial charge in [0.15, 0.2) is 11.9 Å². The highest BCUT2D eigenvalue weighted by Gasteiger charge is 2.38. The van der Waals surface area contributed by atoms with Gasteiger partial charge in [-0.15, -0.1) is 0 Å². The monoisotopic (exact) mass is 409 g/mol. The number of nitro benzene ring substituents is 1. The highest BCUT2D eigenvalue weighted by Crippen LogP contribution is 2.38. The zero-order valence-electron chi connectivity index (χ0n) is 16.9. The first-order valence-electron chi connectivity index (χ1n) is 9.96. The van der Waals surface area contributed by atoms with E-state index in [9.17, 15) is 19.7 Å². The number of hydrogen-bond donors (Lipinski definition) is 0. The molecule has 2 heterocycles. The van der Waals surface area contributed by atoms with Crippen LogP contribution >= 0.6 is 0 Å². The minimum Gasteiger partial charge on any atom is -0.478 e. The van der Waals surface area contributed by atoms with Crippen molar-refractivity contribution in [2.75, 3.05) is 18.0 Å². The number of rotatable bonds is 4. The van der Waals surface area contributed by atoms with Crippen LogP contribution in [0.4, 0.5) is 11.4 Å². The molecule has 1 atom stereocenters. The smallest absolute Gasteiger partial charge is 0.273 e. The minimum absolute atomic E-state index is 0.121. The standard InChI is InChI=1S/C22H23N3O5/c1-14(2)21-22(27)24(18-8-7-17(25(28)29)11-19(18)30-21)13-20(26)23-10-9-15-5-3-4-6-16(15)12-23/h3-8,11,14,21H,9-10,12-13H2,1-2H3. The summed E-state index contributed by atoms with van der Waals surface area (Å²) in [6.45, 7) is 4.65. The van der Waals surface area contributed by atoms with Gasteiger partial charge in [-0.3, -0.25) is 24.6 Å². The van der Waals surface area contributed by atoms with Crippen LogP contribution in [-0.2, 0) is 22.6 Å². The van der Waals surface area contributed by atoms with Crippen LogP contribution in [0.1, 0.15) is 25.0 Å². The number of hydrogen-bond acceptors (Lipinski definition) is 5. The second-order valence-electron chi connectivity index (χ2n) is 7.95. The predicted octanol–water partition coefficient (Wildman–Crippen LogP) is 2.93. The van der Waals surface area contributed by atoms with E-state index in [1.165, 1.54) is 28.7 Å². The molecule has 30 heavy (non-hydrogen) atoms. The molecule has 0 bridgehead atoms. The first kappa shape index (κ1) is 19.9. The van der Waals surface area contributed by atoms with Crippen molar-refractivity contribution in [1.82, 2.24) is 4.90 Å². The SMILES string of the molecule is CC(C)C1Oc2cc([N+](=O)[O-])ccc2N(CC(=O)N2CCc3ccccc3C2)C1=O. The molecule has 0 aromatic heterocycles. The van der Waals surface area contributed by atoms with Crippen molar-refractivity contribution in [3.05, 3.63) is 63.7 Å².